The van der Waals surface area contributed by atoms with Crippen LogP contribution in [0.5, 0.6) is 5.75 Å². The van der Waals surface area contributed by atoms with Crippen molar-refractivity contribution < 1.29 is 14.3 Å². The maximum atomic E-state index is 12.6. The van der Waals surface area contributed by atoms with Gasteiger partial charge in [-0.25, -0.2) is 0 Å². The molecule has 1 heterocycles. The van der Waals surface area contributed by atoms with E-state index in [1.54, 1.807) is 13.0 Å². The number of hydrogen-bond acceptors (Lipinski definition) is 4. The minimum Gasteiger partial charge on any atom is -0.479 e. The summed E-state index contributed by atoms with van der Waals surface area (Å²) in [5, 5.41) is 2.97. The second-order valence-corrected chi connectivity index (χ2v) is 7.16. The summed E-state index contributed by atoms with van der Waals surface area (Å²) in [5.74, 6) is 0.220. The number of benzene rings is 2. The molecule has 0 spiro atoms. The van der Waals surface area contributed by atoms with Crippen LogP contribution >= 0.6 is 0 Å². The van der Waals surface area contributed by atoms with Crippen molar-refractivity contribution in [2.24, 2.45) is 0 Å². The Labute approximate surface area is 172 Å². The maximum Gasteiger partial charge on any atom is 0.268 e. The lowest BCUT2D eigenvalue weighted by Gasteiger charge is -2.32. The van der Waals surface area contributed by atoms with E-state index in [1.165, 1.54) is 10.5 Å². The lowest BCUT2D eigenvalue weighted by Crippen LogP contribution is -2.48. The highest BCUT2D eigenvalue weighted by atomic mass is 16.5. The minimum atomic E-state index is -0.604. The van der Waals surface area contributed by atoms with Gasteiger partial charge in [0.2, 0.25) is 5.91 Å². The normalized spacial score (nSPS) is 15.8. The maximum absolute atomic E-state index is 12.6. The number of nitrogens with zero attached hydrogens (tertiary/aromatic N) is 2. The highest BCUT2D eigenvalue weighted by molar-refractivity contribution is 6.03. The molecule has 0 aliphatic carbocycles. The zero-order valence-corrected chi connectivity index (χ0v) is 17.4. The molecule has 29 heavy (non-hydrogen) atoms. The van der Waals surface area contributed by atoms with E-state index in [9.17, 15) is 9.59 Å². The quantitative estimate of drug-likeness (QED) is 0.747. The third-order valence-electron chi connectivity index (χ3n) is 5.26. The summed E-state index contributed by atoms with van der Waals surface area (Å²) in [7, 11) is 0. The molecule has 1 aliphatic rings. The Kier molecular flexibility index (Phi) is 6.88. The van der Waals surface area contributed by atoms with E-state index in [-0.39, 0.29) is 18.4 Å². The molecule has 2 aromatic rings. The van der Waals surface area contributed by atoms with Crippen LogP contribution in [0.3, 0.4) is 0 Å². The van der Waals surface area contributed by atoms with Crippen molar-refractivity contribution in [1.82, 2.24) is 10.2 Å². The smallest absolute Gasteiger partial charge is 0.268 e. The van der Waals surface area contributed by atoms with Crippen molar-refractivity contribution in [2.75, 3.05) is 24.5 Å². The first-order valence-electron chi connectivity index (χ1n) is 10.2. The van der Waals surface area contributed by atoms with Gasteiger partial charge in [-0.05, 0) is 43.3 Å². The van der Waals surface area contributed by atoms with Crippen molar-refractivity contribution in [3.8, 4) is 5.75 Å². The largest absolute Gasteiger partial charge is 0.479 e. The Morgan fingerprint density at radius 3 is 2.45 bits per heavy atom. The minimum absolute atomic E-state index is 0.0260. The van der Waals surface area contributed by atoms with Gasteiger partial charge in [-0.15, -0.1) is 0 Å². The first-order chi connectivity index (χ1) is 14.0. The molecular weight excluding hydrogens is 366 g/mol. The predicted molar refractivity (Wildman–Crippen MR) is 114 cm³/mol. The molecule has 0 fully saturated rings. The number of carbonyl (C=O) groups excluding carboxylic acids is 2. The van der Waals surface area contributed by atoms with Crippen molar-refractivity contribution in [3.05, 3.63) is 59.7 Å². The van der Waals surface area contributed by atoms with Gasteiger partial charge in [0.15, 0.2) is 6.10 Å². The number of nitrogens with one attached hydrogen (secondary N) is 1. The van der Waals surface area contributed by atoms with Crippen LogP contribution in [-0.2, 0) is 22.7 Å². The molecule has 1 unspecified atom stereocenters. The van der Waals surface area contributed by atoms with E-state index in [4.69, 9.17) is 4.74 Å². The van der Waals surface area contributed by atoms with E-state index in [0.717, 1.165) is 25.2 Å². The summed E-state index contributed by atoms with van der Waals surface area (Å²) in [6, 6.07) is 15.4. The Balaban J connectivity index is 1.66. The van der Waals surface area contributed by atoms with Crippen LogP contribution in [0, 0.1) is 0 Å². The number of ether oxygens (including phenoxy) is 1. The topological polar surface area (TPSA) is 61.9 Å². The van der Waals surface area contributed by atoms with Crippen LogP contribution in [-0.4, -0.2) is 42.5 Å². The van der Waals surface area contributed by atoms with E-state index >= 15 is 0 Å². The second-order valence-electron chi connectivity index (χ2n) is 7.16. The fraction of sp³-hybridized carbons (Fsp3) is 0.391. The molecule has 1 aliphatic heterocycles. The molecule has 2 amide bonds. The van der Waals surface area contributed by atoms with Crippen molar-refractivity contribution in [1.29, 1.82) is 0 Å². The third-order valence-corrected chi connectivity index (χ3v) is 5.26. The van der Waals surface area contributed by atoms with Crippen LogP contribution in [0.2, 0.25) is 0 Å². The summed E-state index contributed by atoms with van der Waals surface area (Å²) in [4.78, 5) is 29.0. The number of carbonyl (C=O) groups is 2. The van der Waals surface area contributed by atoms with Crippen LogP contribution < -0.4 is 15.0 Å². The standard InChI is InChI=1S/C23H29N3O3/c1-4-25(5-2)15-19-11-7-6-10-18(19)14-24-22(27)16-26-20-12-8-9-13-21(20)29-17(3)23(26)28/h6-13,17H,4-5,14-16H2,1-3H3,(H,24,27). The first-order valence-corrected chi connectivity index (χ1v) is 10.2. The van der Waals surface area contributed by atoms with Gasteiger partial charge in [-0.2, -0.15) is 0 Å². The summed E-state index contributed by atoms with van der Waals surface area (Å²) < 4.78 is 5.63. The van der Waals surface area contributed by atoms with Crippen LogP contribution in [0.1, 0.15) is 31.9 Å². The second kappa shape index (κ2) is 9.56. The molecule has 6 nitrogen and oxygen atoms in total. The summed E-state index contributed by atoms with van der Waals surface area (Å²) in [5.41, 5.74) is 2.93. The molecule has 0 radical (unpaired) electrons. The van der Waals surface area contributed by atoms with Gasteiger partial charge in [0, 0.05) is 13.1 Å². The Morgan fingerprint density at radius 1 is 1.07 bits per heavy atom. The number of fused-ring (bicyclic) bond motifs is 1. The predicted octanol–water partition coefficient (Wildman–Crippen LogP) is 2.96. The molecule has 0 bridgehead atoms. The van der Waals surface area contributed by atoms with E-state index in [2.05, 4.69) is 30.1 Å². The number of anilines is 1. The average molecular weight is 396 g/mol. The SMILES string of the molecule is CCN(CC)Cc1ccccc1CNC(=O)CN1C(=O)C(C)Oc2ccccc21. The van der Waals surface area contributed by atoms with Gasteiger partial charge in [0.25, 0.3) is 5.91 Å². The first kappa shape index (κ1) is 20.9. The molecule has 154 valence electrons. The number of amides is 2. The van der Waals surface area contributed by atoms with Crippen molar-refractivity contribution in [2.45, 2.75) is 40.0 Å². The van der Waals surface area contributed by atoms with E-state index in [0.29, 0.717) is 18.0 Å². The Hall–Kier alpha value is -2.86. The van der Waals surface area contributed by atoms with Gasteiger partial charge < -0.3 is 10.1 Å². The average Bonchev–Trinajstić information content (AvgIpc) is 2.74. The number of hydrogen-bond donors (Lipinski definition) is 1. The van der Waals surface area contributed by atoms with E-state index in [1.807, 2.05) is 36.4 Å². The van der Waals surface area contributed by atoms with Crippen LogP contribution in [0.15, 0.2) is 48.5 Å². The molecule has 0 saturated heterocycles. The third kappa shape index (κ3) is 4.95. The highest BCUT2D eigenvalue weighted by Crippen LogP contribution is 2.33. The molecule has 1 N–H and O–H groups in total. The molecular formula is C23H29N3O3. The van der Waals surface area contributed by atoms with Crippen LogP contribution in [0.4, 0.5) is 5.69 Å². The number of para-hydroxylation sites is 2. The molecule has 1 atom stereocenters. The van der Waals surface area contributed by atoms with E-state index < -0.39 is 6.10 Å². The Morgan fingerprint density at radius 2 is 1.72 bits per heavy atom. The van der Waals surface area contributed by atoms with Gasteiger partial charge >= 0.3 is 0 Å². The van der Waals surface area contributed by atoms with Gasteiger partial charge in [-0.1, -0.05) is 50.2 Å². The van der Waals surface area contributed by atoms with Crippen LogP contribution in [0.25, 0.3) is 0 Å². The van der Waals surface area contributed by atoms with Gasteiger partial charge in [-0.3, -0.25) is 19.4 Å². The fourth-order valence-electron chi connectivity index (χ4n) is 3.49. The summed E-state index contributed by atoms with van der Waals surface area (Å²) in [6.07, 6.45) is -0.604. The lowest BCUT2D eigenvalue weighted by molar-refractivity contribution is -0.128. The van der Waals surface area contributed by atoms with Crippen molar-refractivity contribution in [3.63, 3.8) is 0 Å². The number of rotatable bonds is 8. The summed E-state index contributed by atoms with van der Waals surface area (Å²) >= 11 is 0. The lowest BCUT2D eigenvalue weighted by atomic mass is 10.1. The Bertz CT molecular complexity index is 864. The molecule has 0 aromatic heterocycles. The highest BCUT2D eigenvalue weighted by Gasteiger charge is 2.32. The fourth-order valence-corrected chi connectivity index (χ4v) is 3.49. The zero-order chi connectivity index (χ0) is 20.8. The molecule has 3 rings (SSSR count). The monoisotopic (exact) mass is 395 g/mol. The zero-order valence-electron chi connectivity index (χ0n) is 17.4. The molecule has 0 saturated carbocycles. The summed E-state index contributed by atoms with van der Waals surface area (Å²) in [6.45, 7) is 9.21. The van der Waals surface area contributed by atoms with Gasteiger partial charge in [0.1, 0.15) is 12.3 Å². The molecule has 2 aromatic carbocycles. The molecule has 6 heteroatoms. The van der Waals surface area contributed by atoms with Gasteiger partial charge in [0.05, 0.1) is 5.69 Å². The van der Waals surface area contributed by atoms with Crippen molar-refractivity contribution >= 4 is 17.5 Å².